The zero-order valence-electron chi connectivity index (χ0n) is 30.6. The second-order valence-corrected chi connectivity index (χ2v) is 20.4. The van der Waals surface area contributed by atoms with Gasteiger partial charge in [0.25, 0.3) is 11.8 Å². The van der Waals surface area contributed by atoms with Crippen LogP contribution in [0.4, 0.5) is 0 Å². The molecule has 2 fully saturated rings. The smallest absolute Gasteiger partial charge is 0.267 e. The first kappa shape index (κ1) is 43.9. The number of amides is 6. The Balaban J connectivity index is 0.818. The zero-order chi connectivity index (χ0) is 41.0. The molecular formula is C36H36N8O6S8. The maximum atomic E-state index is 13.3. The van der Waals surface area contributed by atoms with Crippen LogP contribution in [0.15, 0.2) is 67.0 Å². The average Bonchev–Trinajstić information content (AvgIpc) is 3.97. The Morgan fingerprint density at radius 3 is 1.38 bits per heavy atom. The molecule has 4 N–H and O–H groups in total. The summed E-state index contributed by atoms with van der Waals surface area (Å²) in [6.45, 7) is 0.687. The zero-order valence-corrected chi connectivity index (χ0v) is 37.1. The van der Waals surface area contributed by atoms with E-state index in [1.54, 1.807) is 0 Å². The molecule has 2 saturated heterocycles. The van der Waals surface area contributed by atoms with E-state index in [2.05, 4.69) is 31.7 Å². The standard InChI is InChI=1S/C36H36N8O6S8/c45-25(39-41-27(47)19-53-33-37-21-11-5-7-13-23(21)55-33)15-3-1-9-17-43-31(49)29(57-35(43)51)30-32(50)44(36(52)58-30)18-10-2-4-16-26(46)40-42-28(48)20-54-34-38-22-12-6-8-14-24(22)56-34/h5-8,11-14H,1-4,9-10,15-20H2,(H,39,45)(H,40,46)(H,41,47)(H,42,48)/b30-29+. The number of thiazole rings is 2. The van der Waals surface area contributed by atoms with E-state index in [1.807, 2.05) is 48.5 Å². The van der Waals surface area contributed by atoms with Gasteiger partial charge in [0.05, 0.1) is 41.7 Å². The summed E-state index contributed by atoms with van der Waals surface area (Å²) in [6, 6.07) is 15.5. The Morgan fingerprint density at radius 1 is 0.569 bits per heavy atom. The van der Waals surface area contributed by atoms with Crippen molar-refractivity contribution in [1.29, 1.82) is 0 Å². The van der Waals surface area contributed by atoms with Crippen molar-refractivity contribution < 1.29 is 28.8 Å². The number of carbonyl (C=O) groups is 6. The molecule has 0 unspecified atom stereocenters. The quantitative estimate of drug-likeness (QED) is 0.0294. The molecule has 0 atom stereocenters. The van der Waals surface area contributed by atoms with Crippen molar-refractivity contribution in [2.45, 2.75) is 60.0 Å². The molecule has 2 aliphatic rings. The van der Waals surface area contributed by atoms with Gasteiger partial charge in [0, 0.05) is 25.9 Å². The number of unbranched alkanes of at least 4 members (excludes halogenated alkanes) is 4. The Morgan fingerprint density at radius 2 is 0.966 bits per heavy atom. The summed E-state index contributed by atoms with van der Waals surface area (Å²) in [5.41, 5.74) is 11.5. The van der Waals surface area contributed by atoms with E-state index in [1.165, 1.54) is 56.0 Å². The predicted molar refractivity (Wildman–Crippen MR) is 241 cm³/mol. The van der Waals surface area contributed by atoms with Crippen molar-refractivity contribution in [3.63, 3.8) is 0 Å². The molecule has 6 rings (SSSR count). The first-order valence-corrected chi connectivity index (χ1v) is 24.0. The monoisotopic (exact) mass is 932 g/mol. The molecule has 6 amide bonds. The lowest BCUT2D eigenvalue weighted by Crippen LogP contribution is -2.42. The van der Waals surface area contributed by atoms with E-state index in [0.717, 1.165) is 52.6 Å². The second kappa shape index (κ2) is 21.6. The third kappa shape index (κ3) is 12.2. The van der Waals surface area contributed by atoms with Crippen molar-refractivity contribution in [3.8, 4) is 0 Å². The Labute approximate surface area is 369 Å². The van der Waals surface area contributed by atoms with Gasteiger partial charge in [-0.15, -0.1) is 22.7 Å². The maximum absolute atomic E-state index is 13.3. The lowest BCUT2D eigenvalue weighted by molar-refractivity contribution is -0.127. The SMILES string of the molecule is O=C(CCCCCN1C(=O)/C(=C2\SC(=S)N(CCCCCC(=O)NNC(=O)CSc3nc4ccccc4s3)C2=O)SC1=S)NNC(=O)CSc1nc2ccccc2s1. The summed E-state index contributed by atoms with van der Waals surface area (Å²) in [5.74, 6) is -1.74. The predicted octanol–water partition coefficient (Wildman–Crippen LogP) is 6.14. The van der Waals surface area contributed by atoms with Crippen LogP contribution in [0.3, 0.4) is 0 Å². The number of aromatic nitrogens is 2. The minimum absolute atomic E-state index is 0.119. The molecule has 304 valence electrons. The van der Waals surface area contributed by atoms with Crippen LogP contribution in [0.1, 0.15) is 51.4 Å². The topological polar surface area (TPSA) is 183 Å². The van der Waals surface area contributed by atoms with Gasteiger partial charge in [0.1, 0.15) is 8.64 Å². The van der Waals surface area contributed by atoms with E-state index >= 15 is 0 Å². The summed E-state index contributed by atoms with van der Waals surface area (Å²) < 4.78 is 4.36. The second-order valence-electron chi connectivity index (χ2n) is 12.6. The van der Waals surface area contributed by atoms with Crippen molar-refractivity contribution in [1.82, 2.24) is 41.5 Å². The molecule has 4 heterocycles. The molecule has 0 aliphatic carbocycles. The molecule has 2 aromatic carbocycles. The molecule has 0 bridgehead atoms. The molecule has 4 aromatic rings. The molecule has 2 aromatic heterocycles. The minimum Gasteiger partial charge on any atom is -0.293 e. The number of fused-ring (bicyclic) bond motifs is 2. The highest BCUT2D eigenvalue weighted by Gasteiger charge is 2.41. The molecule has 0 saturated carbocycles. The highest BCUT2D eigenvalue weighted by molar-refractivity contribution is 8.29. The molecule has 2 aliphatic heterocycles. The van der Waals surface area contributed by atoms with Crippen molar-refractivity contribution in [3.05, 3.63) is 58.3 Å². The number of thiocarbonyl (C=S) groups is 2. The number of para-hydroxylation sites is 2. The number of hydrogen-bond acceptors (Lipinski definition) is 16. The van der Waals surface area contributed by atoms with Gasteiger partial charge in [-0.25, -0.2) is 9.97 Å². The molecule has 58 heavy (non-hydrogen) atoms. The Hall–Kier alpha value is -3.64. The summed E-state index contributed by atoms with van der Waals surface area (Å²) in [7, 11) is 0. The van der Waals surface area contributed by atoms with Crippen LogP contribution in [0.2, 0.25) is 0 Å². The van der Waals surface area contributed by atoms with Crippen molar-refractivity contribution in [2.24, 2.45) is 0 Å². The van der Waals surface area contributed by atoms with E-state index in [4.69, 9.17) is 24.4 Å². The highest BCUT2D eigenvalue weighted by atomic mass is 32.2. The average molecular weight is 933 g/mol. The summed E-state index contributed by atoms with van der Waals surface area (Å²) >= 11 is 18.7. The van der Waals surface area contributed by atoms with Crippen LogP contribution in [-0.2, 0) is 28.8 Å². The molecule has 14 nitrogen and oxygen atoms in total. The number of nitrogens with one attached hydrogen (secondary N) is 4. The first-order valence-electron chi connectivity index (χ1n) is 18.0. The normalized spacial score (nSPS) is 15.5. The third-order valence-corrected chi connectivity index (χ3v) is 15.7. The fourth-order valence-electron chi connectivity index (χ4n) is 5.48. The summed E-state index contributed by atoms with van der Waals surface area (Å²) in [5, 5.41) is 0. The number of hydrogen-bond donors (Lipinski definition) is 4. The largest absolute Gasteiger partial charge is 0.293 e. The van der Waals surface area contributed by atoms with E-state index in [-0.39, 0.29) is 69.6 Å². The van der Waals surface area contributed by atoms with Gasteiger partial charge in [-0.2, -0.15) is 0 Å². The van der Waals surface area contributed by atoms with Gasteiger partial charge in [-0.3, -0.25) is 60.3 Å². The number of rotatable bonds is 18. The van der Waals surface area contributed by atoms with E-state index < -0.39 is 0 Å². The Kier molecular flexibility index (Phi) is 16.3. The van der Waals surface area contributed by atoms with Gasteiger partial charge in [0.15, 0.2) is 8.68 Å². The highest BCUT2D eigenvalue weighted by Crippen LogP contribution is 2.42. The maximum Gasteiger partial charge on any atom is 0.267 e. The van der Waals surface area contributed by atoms with Crippen molar-refractivity contribution in [2.75, 3.05) is 24.6 Å². The van der Waals surface area contributed by atoms with Crippen LogP contribution in [0.5, 0.6) is 0 Å². The number of thioether (sulfide) groups is 4. The number of benzene rings is 2. The third-order valence-electron chi connectivity index (χ3n) is 8.36. The van der Waals surface area contributed by atoms with Crippen LogP contribution < -0.4 is 21.7 Å². The fourth-order valence-corrected chi connectivity index (χ4v) is 12.0. The van der Waals surface area contributed by atoms with Gasteiger partial charge in [-0.05, 0) is 49.9 Å². The van der Waals surface area contributed by atoms with Crippen LogP contribution >= 0.6 is 94.2 Å². The van der Waals surface area contributed by atoms with Crippen LogP contribution in [0, 0.1) is 0 Å². The van der Waals surface area contributed by atoms with Crippen LogP contribution in [-0.4, -0.2) is 88.4 Å². The van der Waals surface area contributed by atoms with Gasteiger partial charge in [-0.1, -0.05) is 109 Å². The minimum atomic E-state index is -0.340. The number of carbonyl (C=O) groups excluding carboxylic acids is 6. The summed E-state index contributed by atoms with van der Waals surface area (Å²) in [6.07, 6.45) is 3.95. The van der Waals surface area contributed by atoms with Gasteiger partial charge >= 0.3 is 0 Å². The van der Waals surface area contributed by atoms with Crippen LogP contribution in [0.25, 0.3) is 20.4 Å². The van der Waals surface area contributed by atoms with E-state index in [9.17, 15) is 28.8 Å². The molecular weight excluding hydrogens is 897 g/mol. The lowest BCUT2D eigenvalue weighted by Gasteiger charge is -2.14. The summed E-state index contributed by atoms with van der Waals surface area (Å²) in [4.78, 5) is 88.0. The molecule has 0 spiro atoms. The molecule has 0 radical (unpaired) electrons. The van der Waals surface area contributed by atoms with Gasteiger partial charge < -0.3 is 0 Å². The van der Waals surface area contributed by atoms with Crippen molar-refractivity contribution >= 4 is 159 Å². The first-order chi connectivity index (χ1) is 28.0. The number of hydrazine groups is 2. The lowest BCUT2D eigenvalue weighted by atomic mass is 10.2. The van der Waals surface area contributed by atoms with Gasteiger partial charge in [0.2, 0.25) is 23.6 Å². The van der Waals surface area contributed by atoms with E-state index in [0.29, 0.717) is 60.3 Å². The fraction of sp³-hybridized carbons (Fsp3) is 0.333. The molecule has 22 heteroatoms. The number of nitrogens with zero attached hydrogens (tertiary/aromatic N) is 4. The Bertz CT molecular complexity index is 2060.